The molecular formula is C20H17N7O7. The van der Waals surface area contributed by atoms with Gasteiger partial charge in [0, 0.05) is 12.5 Å². The first-order chi connectivity index (χ1) is 16.1. The minimum absolute atomic E-state index is 0.0681. The number of rotatable bonds is 3. The molecule has 0 bridgehead atoms. The van der Waals surface area contributed by atoms with E-state index in [0.717, 1.165) is 0 Å². The Kier molecular flexibility index (Phi) is 6.52. The highest BCUT2D eigenvalue weighted by Gasteiger charge is 2.27. The molecule has 2 aromatic heterocycles. The number of nitrogens with zero attached hydrogens (tertiary/aromatic N) is 2. The lowest BCUT2D eigenvalue weighted by Gasteiger charge is -2.04. The molecular weight excluding hydrogens is 450 g/mol. The molecule has 0 unspecified atom stereocenters. The first-order valence-electron chi connectivity index (χ1n) is 9.43. The van der Waals surface area contributed by atoms with Gasteiger partial charge in [0.25, 0.3) is 11.5 Å². The lowest BCUT2D eigenvalue weighted by atomic mass is 10.1. The quantitative estimate of drug-likeness (QED) is 0.190. The maximum Gasteiger partial charge on any atom is 0.402 e. The number of carbonyl (C=O) groups excluding carboxylic acids is 2. The van der Waals surface area contributed by atoms with E-state index in [1.165, 1.54) is 25.1 Å². The van der Waals surface area contributed by atoms with E-state index in [0.29, 0.717) is 16.6 Å². The number of carboxylic acid groups (broad SMARTS) is 1. The van der Waals surface area contributed by atoms with Crippen LogP contribution in [0.3, 0.4) is 0 Å². The number of fused-ring (bicyclic) bond motifs is 2. The third-order valence-corrected chi connectivity index (χ3v) is 4.40. The van der Waals surface area contributed by atoms with Gasteiger partial charge in [-0.05, 0) is 30.3 Å². The molecule has 0 atom stereocenters. The molecule has 7 N–H and O–H groups in total. The van der Waals surface area contributed by atoms with Gasteiger partial charge in [-0.2, -0.15) is 0 Å². The number of aromatic amines is 2. The Bertz CT molecular complexity index is 1500. The van der Waals surface area contributed by atoms with E-state index < -0.39 is 28.4 Å². The van der Waals surface area contributed by atoms with Crippen LogP contribution in [0.25, 0.3) is 33.3 Å². The molecule has 14 heteroatoms. The van der Waals surface area contributed by atoms with Crippen molar-refractivity contribution in [3.63, 3.8) is 0 Å². The van der Waals surface area contributed by atoms with Gasteiger partial charge in [-0.25, -0.2) is 9.78 Å². The summed E-state index contributed by atoms with van der Waals surface area (Å²) in [6, 6.07) is 11.0. The molecule has 0 aliphatic rings. The summed E-state index contributed by atoms with van der Waals surface area (Å²) in [5.41, 5.74) is 8.60. The second-order valence-electron chi connectivity index (χ2n) is 6.77. The molecule has 3 amide bonds. The minimum atomic E-state index is -1.33. The summed E-state index contributed by atoms with van der Waals surface area (Å²) in [6.07, 6.45) is -1.33. The average molecular weight is 467 g/mol. The van der Waals surface area contributed by atoms with Crippen molar-refractivity contribution in [1.29, 1.82) is 0 Å². The second-order valence-corrected chi connectivity index (χ2v) is 6.77. The van der Waals surface area contributed by atoms with Crippen molar-refractivity contribution in [1.82, 2.24) is 25.8 Å². The number of para-hydroxylation sites is 2. The smallest absolute Gasteiger partial charge is 0.402 e. The predicted octanol–water partition coefficient (Wildman–Crippen LogP) is 1.38. The normalized spacial score (nSPS) is 10.3. The summed E-state index contributed by atoms with van der Waals surface area (Å²) in [5.74, 6) is -1.12. The van der Waals surface area contributed by atoms with Crippen LogP contribution in [0.1, 0.15) is 17.3 Å². The van der Waals surface area contributed by atoms with Gasteiger partial charge in [0.05, 0.1) is 26.9 Å². The van der Waals surface area contributed by atoms with Gasteiger partial charge in [0.1, 0.15) is 5.69 Å². The van der Waals surface area contributed by atoms with Crippen LogP contribution in [-0.4, -0.2) is 42.9 Å². The number of primary amides is 1. The highest BCUT2D eigenvalue weighted by molar-refractivity contribution is 6.03. The zero-order chi connectivity index (χ0) is 25.0. The van der Waals surface area contributed by atoms with E-state index in [9.17, 15) is 24.5 Å². The molecule has 0 aliphatic carbocycles. The van der Waals surface area contributed by atoms with Crippen LogP contribution in [0.5, 0.6) is 0 Å². The van der Waals surface area contributed by atoms with E-state index in [1.807, 2.05) is 0 Å². The molecule has 4 rings (SSSR count). The van der Waals surface area contributed by atoms with Crippen molar-refractivity contribution in [3.8, 4) is 11.4 Å². The summed E-state index contributed by atoms with van der Waals surface area (Å²) in [7, 11) is 0. The Morgan fingerprint density at radius 1 is 1.09 bits per heavy atom. The van der Waals surface area contributed by atoms with Gasteiger partial charge in [-0.3, -0.25) is 35.3 Å². The van der Waals surface area contributed by atoms with Gasteiger partial charge < -0.3 is 20.8 Å². The first-order valence-corrected chi connectivity index (χ1v) is 9.43. The molecule has 0 radical (unpaired) electrons. The fourth-order valence-electron chi connectivity index (χ4n) is 3.10. The summed E-state index contributed by atoms with van der Waals surface area (Å²) in [6.45, 7) is 1.22. The van der Waals surface area contributed by atoms with Gasteiger partial charge in [-0.15, -0.1) is 0 Å². The van der Waals surface area contributed by atoms with Gasteiger partial charge in [0.15, 0.2) is 5.69 Å². The number of H-pyrrole nitrogens is 2. The van der Waals surface area contributed by atoms with Crippen molar-refractivity contribution in [2.75, 3.05) is 0 Å². The first kappa shape index (κ1) is 23.4. The standard InChI is InChI=1S/C19H14N6O5.CH3NO2/c1-9(26)23-24-18(27)10-6-7-12-11(8-10)17(25(29)30)15(20-12)16-19(28)22-14-5-3-2-4-13(14)21-16;2-1(3)4/h2-8,20H,1H3,(H,22,28)(H,23,26)(H,24,27);2H2,(H,3,4). The summed E-state index contributed by atoms with van der Waals surface area (Å²) in [5, 5.41) is 19.1. The molecule has 0 saturated carbocycles. The lowest BCUT2D eigenvalue weighted by Crippen LogP contribution is -2.40. The van der Waals surface area contributed by atoms with Crippen molar-refractivity contribution in [3.05, 3.63) is 68.5 Å². The SMILES string of the molecule is CC(=O)NNC(=O)c1ccc2[nH]c(-c3nc4ccccc4[nH]c3=O)c([N+](=O)[O-])c2c1.NC(=O)O. The van der Waals surface area contributed by atoms with Crippen molar-refractivity contribution < 1.29 is 24.4 Å². The fraction of sp³-hybridized carbons (Fsp3) is 0.0500. The Morgan fingerprint density at radius 3 is 2.41 bits per heavy atom. The summed E-state index contributed by atoms with van der Waals surface area (Å²) >= 11 is 0. The van der Waals surface area contributed by atoms with Crippen LogP contribution in [0.4, 0.5) is 10.5 Å². The van der Waals surface area contributed by atoms with E-state index >= 15 is 0 Å². The lowest BCUT2D eigenvalue weighted by molar-refractivity contribution is -0.382. The van der Waals surface area contributed by atoms with Crippen LogP contribution in [-0.2, 0) is 4.79 Å². The zero-order valence-electron chi connectivity index (χ0n) is 17.4. The minimum Gasteiger partial charge on any atom is -0.465 e. The third-order valence-electron chi connectivity index (χ3n) is 4.40. The molecule has 174 valence electrons. The predicted molar refractivity (Wildman–Crippen MR) is 120 cm³/mol. The number of nitro groups is 1. The van der Waals surface area contributed by atoms with Gasteiger partial charge in [0.2, 0.25) is 5.91 Å². The molecule has 0 aliphatic heterocycles. The Hall–Kier alpha value is -5.27. The molecule has 4 aromatic rings. The van der Waals surface area contributed by atoms with E-state index in [1.54, 1.807) is 24.3 Å². The highest BCUT2D eigenvalue weighted by Crippen LogP contribution is 2.35. The number of hydrogen-bond acceptors (Lipinski definition) is 7. The van der Waals surface area contributed by atoms with Crippen LogP contribution in [0.2, 0.25) is 0 Å². The number of carbonyl (C=O) groups is 3. The van der Waals surface area contributed by atoms with Gasteiger partial charge in [-0.1, -0.05) is 12.1 Å². The number of hydrazine groups is 1. The fourth-order valence-corrected chi connectivity index (χ4v) is 3.10. The Morgan fingerprint density at radius 2 is 1.76 bits per heavy atom. The number of hydrogen-bond donors (Lipinski definition) is 6. The number of benzene rings is 2. The topological polar surface area (TPSA) is 226 Å². The van der Waals surface area contributed by atoms with Crippen molar-refractivity contribution in [2.45, 2.75) is 6.92 Å². The summed E-state index contributed by atoms with van der Waals surface area (Å²) < 4.78 is 0. The van der Waals surface area contributed by atoms with Crippen LogP contribution < -0.4 is 22.1 Å². The molecule has 2 heterocycles. The maximum absolute atomic E-state index is 12.5. The Labute approximate surface area is 188 Å². The summed E-state index contributed by atoms with van der Waals surface area (Å²) in [4.78, 5) is 65.5. The molecule has 0 spiro atoms. The molecule has 2 aromatic carbocycles. The number of aromatic nitrogens is 3. The van der Waals surface area contributed by atoms with Crippen LogP contribution >= 0.6 is 0 Å². The van der Waals surface area contributed by atoms with E-state index in [4.69, 9.17) is 9.90 Å². The largest absolute Gasteiger partial charge is 0.465 e. The Balaban J connectivity index is 0.000000751. The van der Waals surface area contributed by atoms with E-state index in [2.05, 4.69) is 31.5 Å². The number of amides is 3. The molecule has 0 fully saturated rings. The third kappa shape index (κ3) is 4.96. The highest BCUT2D eigenvalue weighted by atomic mass is 16.6. The molecule has 0 saturated heterocycles. The van der Waals surface area contributed by atoms with Crippen LogP contribution in [0.15, 0.2) is 47.3 Å². The molecule has 14 nitrogen and oxygen atoms in total. The molecule has 34 heavy (non-hydrogen) atoms. The average Bonchev–Trinajstić information content (AvgIpc) is 3.15. The second kappa shape index (κ2) is 9.47. The maximum atomic E-state index is 12.5. The number of nitrogens with one attached hydrogen (secondary N) is 4. The number of nitrogens with two attached hydrogens (primary N) is 1. The van der Waals surface area contributed by atoms with Gasteiger partial charge >= 0.3 is 11.8 Å². The monoisotopic (exact) mass is 467 g/mol. The van der Waals surface area contributed by atoms with Crippen molar-refractivity contribution in [2.24, 2.45) is 5.73 Å². The van der Waals surface area contributed by atoms with Crippen molar-refractivity contribution >= 4 is 45.5 Å². The van der Waals surface area contributed by atoms with Crippen LogP contribution in [0, 0.1) is 10.1 Å². The zero-order valence-corrected chi connectivity index (χ0v) is 17.4. The van der Waals surface area contributed by atoms with E-state index in [-0.39, 0.29) is 28.0 Å².